The lowest BCUT2D eigenvalue weighted by molar-refractivity contribution is 0.512. The summed E-state index contributed by atoms with van der Waals surface area (Å²) in [6.45, 7) is 4.56. The molecule has 2 atom stereocenters. The standard InChI is InChI=1S/C17H26N2/c1-13(18)10-15-12-19(11-14-6-2-3-7-14)17-9-5-4-8-16(15)17/h4-5,8-9,13-15H,2-3,6-7,10-12,18H2,1H3. The molecule has 0 aromatic heterocycles. The van der Waals surface area contributed by atoms with Gasteiger partial charge in [-0.1, -0.05) is 31.0 Å². The zero-order valence-electron chi connectivity index (χ0n) is 12.0. The van der Waals surface area contributed by atoms with Crippen LogP contribution in [0.1, 0.15) is 50.5 Å². The first-order chi connectivity index (χ1) is 9.24. The molecule has 1 aliphatic heterocycles. The second kappa shape index (κ2) is 5.54. The monoisotopic (exact) mass is 258 g/mol. The minimum atomic E-state index is 0.296. The zero-order chi connectivity index (χ0) is 13.2. The maximum absolute atomic E-state index is 6.02. The number of nitrogens with two attached hydrogens (primary N) is 1. The van der Waals surface area contributed by atoms with Crippen molar-refractivity contribution < 1.29 is 0 Å². The van der Waals surface area contributed by atoms with Gasteiger partial charge in [0.25, 0.3) is 0 Å². The smallest absolute Gasteiger partial charge is 0.0402 e. The highest BCUT2D eigenvalue weighted by molar-refractivity contribution is 5.60. The summed E-state index contributed by atoms with van der Waals surface area (Å²) >= 11 is 0. The number of rotatable bonds is 4. The molecular weight excluding hydrogens is 232 g/mol. The normalized spacial score (nSPS) is 24.7. The highest BCUT2D eigenvalue weighted by Gasteiger charge is 2.30. The molecule has 0 saturated heterocycles. The van der Waals surface area contributed by atoms with Crippen LogP contribution in [-0.4, -0.2) is 19.1 Å². The van der Waals surface area contributed by atoms with Crippen LogP contribution >= 0.6 is 0 Å². The molecule has 1 saturated carbocycles. The molecule has 3 rings (SSSR count). The Morgan fingerprint density at radius 1 is 1.26 bits per heavy atom. The Balaban J connectivity index is 1.75. The topological polar surface area (TPSA) is 29.3 Å². The van der Waals surface area contributed by atoms with Gasteiger partial charge in [0.1, 0.15) is 0 Å². The Morgan fingerprint density at radius 3 is 2.74 bits per heavy atom. The molecule has 104 valence electrons. The van der Waals surface area contributed by atoms with E-state index in [1.54, 1.807) is 0 Å². The van der Waals surface area contributed by atoms with E-state index < -0.39 is 0 Å². The average Bonchev–Trinajstić information content (AvgIpc) is 2.99. The van der Waals surface area contributed by atoms with Crippen LogP contribution in [0, 0.1) is 5.92 Å². The molecule has 0 spiro atoms. The van der Waals surface area contributed by atoms with Gasteiger partial charge in [-0.15, -0.1) is 0 Å². The number of para-hydroxylation sites is 1. The Kier molecular flexibility index (Phi) is 3.79. The van der Waals surface area contributed by atoms with E-state index in [0.29, 0.717) is 12.0 Å². The fourth-order valence-corrected chi connectivity index (χ4v) is 3.91. The fraction of sp³-hybridized carbons (Fsp3) is 0.647. The van der Waals surface area contributed by atoms with Crippen molar-refractivity contribution in [2.75, 3.05) is 18.0 Å². The number of fused-ring (bicyclic) bond motifs is 1. The largest absolute Gasteiger partial charge is 0.370 e. The van der Waals surface area contributed by atoms with E-state index in [1.165, 1.54) is 50.0 Å². The molecule has 2 unspecified atom stereocenters. The van der Waals surface area contributed by atoms with Gasteiger partial charge in [0.2, 0.25) is 0 Å². The van der Waals surface area contributed by atoms with Crippen molar-refractivity contribution in [1.82, 2.24) is 0 Å². The summed E-state index contributed by atoms with van der Waals surface area (Å²) in [5.74, 6) is 1.56. The third-order valence-electron chi connectivity index (χ3n) is 4.77. The molecule has 2 aliphatic rings. The highest BCUT2D eigenvalue weighted by atomic mass is 15.2. The molecule has 0 radical (unpaired) electrons. The first-order valence-electron chi connectivity index (χ1n) is 7.83. The third kappa shape index (κ3) is 2.79. The summed E-state index contributed by atoms with van der Waals surface area (Å²) in [6.07, 6.45) is 6.83. The molecule has 19 heavy (non-hydrogen) atoms. The van der Waals surface area contributed by atoms with E-state index in [-0.39, 0.29) is 0 Å². The third-order valence-corrected chi connectivity index (χ3v) is 4.77. The average molecular weight is 258 g/mol. The Labute approximate surface area is 117 Å². The second-order valence-electron chi connectivity index (χ2n) is 6.52. The number of nitrogens with zero attached hydrogens (tertiary/aromatic N) is 1. The molecule has 0 bridgehead atoms. The van der Waals surface area contributed by atoms with E-state index in [2.05, 4.69) is 36.1 Å². The molecule has 0 amide bonds. The maximum atomic E-state index is 6.02. The van der Waals surface area contributed by atoms with Crippen LogP contribution < -0.4 is 10.6 Å². The summed E-state index contributed by atoms with van der Waals surface area (Å²) in [5, 5.41) is 0. The molecule has 1 aromatic carbocycles. The van der Waals surface area contributed by atoms with Crippen LogP contribution in [0.2, 0.25) is 0 Å². The maximum Gasteiger partial charge on any atom is 0.0402 e. The van der Waals surface area contributed by atoms with Crippen LogP contribution in [-0.2, 0) is 0 Å². The van der Waals surface area contributed by atoms with Crippen molar-refractivity contribution in [2.24, 2.45) is 11.7 Å². The second-order valence-corrected chi connectivity index (χ2v) is 6.52. The van der Waals surface area contributed by atoms with Crippen molar-refractivity contribution in [2.45, 2.75) is 51.0 Å². The van der Waals surface area contributed by atoms with Crippen LogP contribution in [0.15, 0.2) is 24.3 Å². The lowest BCUT2D eigenvalue weighted by atomic mass is 9.95. The van der Waals surface area contributed by atoms with Crippen molar-refractivity contribution >= 4 is 5.69 Å². The van der Waals surface area contributed by atoms with Crippen molar-refractivity contribution in [3.05, 3.63) is 29.8 Å². The Bertz CT molecular complexity index is 421. The van der Waals surface area contributed by atoms with Crippen LogP contribution in [0.4, 0.5) is 5.69 Å². The molecule has 1 fully saturated rings. The highest BCUT2D eigenvalue weighted by Crippen LogP contribution is 2.39. The van der Waals surface area contributed by atoms with Gasteiger partial charge >= 0.3 is 0 Å². The van der Waals surface area contributed by atoms with E-state index in [9.17, 15) is 0 Å². The SMILES string of the molecule is CC(N)CC1CN(CC2CCCC2)c2ccccc21. The molecule has 1 aliphatic carbocycles. The van der Waals surface area contributed by atoms with Gasteiger partial charge in [-0.25, -0.2) is 0 Å². The minimum absolute atomic E-state index is 0.296. The number of hydrogen-bond donors (Lipinski definition) is 1. The van der Waals surface area contributed by atoms with Gasteiger partial charge in [-0.2, -0.15) is 0 Å². The van der Waals surface area contributed by atoms with Crippen LogP contribution in [0.25, 0.3) is 0 Å². The van der Waals surface area contributed by atoms with Gasteiger partial charge in [0, 0.05) is 30.7 Å². The van der Waals surface area contributed by atoms with Crippen molar-refractivity contribution in [3.63, 3.8) is 0 Å². The zero-order valence-corrected chi connectivity index (χ0v) is 12.0. The van der Waals surface area contributed by atoms with E-state index >= 15 is 0 Å². The summed E-state index contributed by atoms with van der Waals surface area (Å²) < 4.78 is 0. The predicted octanol–water partition coefficient (Wildman–Crippen LogP) is 3.52. The molecule has 2 nitrogen and oxygen atoms in total. The van der Waals surface area contributed by atoms with Crippen LogP contribution in [0.5, 0.6) is 0 Å². The molecule has 1 aromatic rings. The molecular formula is C17H26N2. The quantitative estimate of drug-likeness (QED) is 0.895. The summed E-state index contributed by atoms with van der Waals surface area (Å²) in [6, 6.07) is 9.24. The summed E-state index contributed by atoms with van der Waals surface area (Å²) in [5.41, 5.74) is 9.02. The van der Waals surface area contributed by atoms with Crippen LogP contribution in [0.3, 0.4) is 0 Å². The van der Waals surface area contributed by atoms with E-state index in [0.717, 1.165) is 12.3 Å². The predicted molar refractivity (Wildman–Crippen MR) is 81.6 cm³/mol. The lowest BCUT2D eigenvalue weighted by Gasteiger charge is -2.24. The van der Waals surface area contributed by atoms with Crippen molar-refractivity contribution in [1.29, 1.82) is 0 Å². The molecule has 2 heteroatoms. The van der Waals surface area contributed by atoms with Gasteiger partial charge < -0.3 is 10.6 Å². The van der Waals surface area contributed by atoms with Crippen molar-refractivity contribution in [3.8, 4) is 0 Å². The van der Waals surface area contributed by atoms with E-state index in [4.69, 9.17) is 5.73 Å². The summed E-state index contributed by atoms with van der Waals surface area (Å²) in [7, 11) is 0. The summed E-state index contributed by atoms with van der Waals surface area (Å²) in [4.78, 5) is 2.62. The Hall–Kier alpha value is -1.02. The fourth-order valence-electron chi connectivity index (χ4n) is 3.91. The first-order valence-corrected chi connectivity index (χ1v) is 7.83. The first kappa shape index (κ1) is 13.0. The van der Waals surface area contributed by atoms with Gasteiger partial charge in [-0.05, 0) is 43.7 Å². The van der Waals surface area contributed by atoms with Gasteiger partial charge in [0.05, 0.1) is 0 Å². The van der Waals surface area contributed by atoms with Gasteiger partial charge in [-0.3, -0.25) is 0 Å². The lowest BCUT2D eigenvalue weighted by Crippen LogP contribution is -2.29. The number of hydrogen-bond acceptors (Lipinski definition) is 2. The Morgan fingerprint density at radius 2 is 2.00 bits per heavy atom. The molecule has 1 heterocycles. The number of anilines is 1. The number of benzene rings is 1. The minimum Gasteiger partial charge on any atom is -0.370 e. The molecule has 2 N–H and O–H groups in total. The van der Waals surface area contributed by atoms with E-state index in [1.807, 2.05) is 0 Å². The van der Waals surface area contributed by atoms with Gasteiger partial charge in [0.15, 0.2) is 0 Å².